The third-order valence-electron chi connectivity index (χ3n) is 1.18. The average molecular weight is 159 g/mol. The largest absolute Gasteiger partial charge is 0.494 e. The van der Waals surface area contributed by atoms with Crippen molar-refractivity contribution in [2.75, 3.05) is 0 Å². The minimum Gasteiger partial charge on any atom is -0.494 e. The summed E-state index contributed by atoms with van der Waals surface area (Å²) in [6, 6.07) is 0. The fourth-order valence-corrected chi connectivity index (χ4v) is 1.57. The maximum absolute atomic E-state index is 10.6. The molecule has 1 rings (SSSR count). The highest BCUT2D eigenvalue weighted by molar-refractivity contribution is 7.09. The monoisotopic (exact) mass is 159 g/mol. The first-order valence-corrected chi connectivity index (χ1v) is 3.96. The maximum atomic E-state index is 10.6. The van der Waals surface area contributed by atoms with Gasteiger partial charge in [-0.25, -0.2) is 0 Å². The summed E-state index contributed by atoms with van der Waals surface area (Å²) >= 11 is 1.08. The van der Waals surface area contributed by atoms with Crippen molar-refractivity contribution in [1.82, 2.24) is 4.98 Å². The third kappa shape index (κ3) is 1.39. The lowest BCUT2D eigenvalue weighted by molar-refractivity contribution is 0.449. The second kappa shape index (κ2) is 2.88. The SMILES string of the molecule is CCCc1sc(=O)[nH]c1O. The summed E-state index contributed by atoms with van der Waals surface area (Å²) < 4.78 is 0. The van der Waals surface area contributed by atoms with E-state index >= 15 is 0 Å². The van der Waals surface area contributed by atoms with Gasteiger partial charge >= 0.3 is 4.87 Å². The van der Waals surface area contributed by atoms with Crippen molar-refractivity contribution in [3.63, 3.8) is 0 Å². The summed E-state index contributed by atoms with van der Waals surface area (Å²) in [5.41, 5.74) is 0. The highest BCUT2D eigenvalue weighted by atomic mass is 32.1. The molecule has 1 heterocycles. The summed E-state index contributed by atoms with van der Waals surface area (Å²) in [5, 5.41) is 9.02. The van der Waals surface area contributed by atoms with Gasteiger partial charge in [0.05, 0.1) is 4.88 Å². The number of aromatic nitrogens is 1. The van der Waals surface area contributed by atoms with E-state index in [1.165, 1.54) is 0 Å². The molecule has 0 saturated heterocycles. The van der Waals surface area contributed by atoms with E-state index in [0.29, 0.717) is 0 Å². The van der Waals surface area contributed by atoms with Gasteiger partial charge in [0.15, 0.2) is 0 Å². The molecule has 0 saturated carbocycles. The lowest BCUT2D eigenvalue weighted by Crippen LogP contribution is -1.89. The summed E-state index contributed by atoms with van der Waals surface area (Å²) in [6.07, 6.45) is 1.72. The number of aryl methyl sites for hydroxylation is 1. The normalized spacial score (nSPS) is 10.1. The summed E-state index contributed by atoms with van der Waals surface area (Å²) in [5.74, 6) is 0.0388. The minimum atomic E-state index is -0.180. The second-order valence-corrected chi connectivity index (χ2v) is 3.10. The Kier molecular flexibility index (Phi) is 2.11. The van der Waals surface area contributed by atoms with Gasteiger partial charge < -0.3 is 5.11 Å². The van der Waals surface area contributed by atoms with Gasteiger partial charge in [-0.3, -0.25) is 9.78 Å². The predicted octanol–water partition coefficient (Wildman–Crippen LogP) is 1.09. The van der Waals surface area contributed by atoms with Crippen LogP contribution in [0.3, 0.4) is 0 Å². The van der Waals surface area contributed by atoms with E-state index in [4.69, 9.17) is 5.11 Å². The van der Waals surface area contributed by atoms with Gasteiger partial charge in [-0.15, -0.1) is 0 Å². The quantitative estimate of drug-likeness (QED) is 0.678. The molecule has 56 valence electrons. The molecule has 0 radical (unpaired) electrons. The number of hydrogen-bond acceptors (Lipinski definition) is 3. The van der Waals surface area contributed by atoms with E-state index < -0.39 is 0 Å². The lowest BCUT2D eigenvalue weighted by atomic mass is 10.3. The third-order valence-corrected chi connectivity index (χ3v) is 2.11. The van der Waals surface area contributed by atoms with Crippen LogP contribution in [0.1, 0.15) is 18.2 Å². The van der Waals surface area contributed by atoms with Crippen LogP contribution in [0, 0.1) is 0 Å². The van der Waals surface area contributed by atoms with Crippen molar-refractivity contribution in [1.29, 1.82) is 0 Å². The molecule has 3 nitrogen and oxygen atoms in total. The van der Waals surface area contributed by atoms with Gasteiger partial charge in [0.2, 0.25) is 5.88 Å². The molecule has 2 N–H and O–H groups in total. The molecule has 0 amide bonds. The average Bonchev–Trinajstić information content (AvgIpc) is 2.13. The highest BCUT2D eigenvalue weighted by Gasteiger charge is 2.03. The van der Waals surface area contributed by atoms with Crippen LogP contribution in [-0.4, -0.2) is 10.1 Å². The second-order valence-electron chi connectivity index (χ2n) is 2.04. The van der Waals surface area contributed by atoms with Crippen molar-refractivity contribution in [2.45, 2.75) is 19.8 Å². The van der Waals surface area contributed by atoms with E-state index in [0.717, 1.165) is 29.1 Å². The van der Waals surface area contributed by atoms with Crippen molar-refractivity contribution in [2.24, 2.45) is 0 Å². The smallest absolute Gasteiger partial charge is 0.307 e. The Hall–Kier alpha value is -0.770. The van der Waals surface area contributed by atoms with Crippen LogP contribution in [-0.2, 0) is 6.42 Å². The number of nitrogens with one attached hydrogen (secondary N) is 1. The number of thiazole rings is 1. The van der Waals surface area contributed by atoms with Gasteiger partial charge in [-0.2, -0.15) is 0 Å². The molecule has 0 aromatic carbocycles. The molecule has 10 heavy (non-hydrogen) atoms. The number of H-pyrrole nitrogens is 1. The zero-order valence-corrected chi connectivity index (χ0v) is 6.49. The Labute approximate surface area is 62.3 Å². The molecular formula is C6H9NO2S. The highest BCUT2D eigenvalue weighted by Crippen LogP contribution is 2.16. The molecular weight excluding hydrogens is 150 g/mol. The Morgan fingerprint density at radius 2 is 2.40 bits per heavy atom. The Bertz CT molecular complexity index is 263. The molecule has 1 aromatic heterocycles. The van der Waals surface area contributed by atoms with Crippen molar-refractivity contribution >= 4 is 11.3 Å². The van der Waals surface area contributed by atoms with Gasteiger partial charge in [0.25, 0.3) is 0 Å². The number of aromatic amines is 1. The van der Waals surface area contributed by atoms with E-state index in [-0.39, 0.29) is 10.8 Å². The van der Waals surface area contributed by atoms with Crippen molar-refractivity contribution in [3.8, 4) is 5.88 Å². The molecule has 0 bridgehead atoms. The summed E-state index contributed by atoms with van der Waals surface area (Å²) in [6.45, 7) is 2.00. The van der Waals surface area contributed by atoms with Crippen LogP contribution in [0.5, 0.6) is 5.88 Å². The standard InChI is InChI=1S/C6H9NO2S/c1-2-3-4-5(8)7-6(9)10-4/h8H,2-3H2,1H3,(H,7,9). The van der Waals surface area contributed by atoms with Crippen molar-refractivity contribution < 1.29 is 5.11 Å². The predicted molar refractivity (Wildman–Crippen MR) is 40.6 cm³/mol. The maximum Gasteiger partial charge on any atom is 0.307 e. The fourth-order valence-electron chi connectivity index (χ4n) is 0.749. The van der Waals surface area contributed by atoms with E-state index in [9.17, 15) is 4.79 Å². The molecule has 0 aliphatic heterocycles. The zero-order valence-electron chi connectivity index (χ0n) is 5.68. The van der Waals surface area contributed by atoms with Crippen molar-refractivity contribution in [3.05, 3.63) is 14.5 Å². The lowest BCUT2D eigenvalue weighted by Gasteiger charge is -1.89. The van der Waals surface area contributed by atoms with Gasteiger partial charge in [0, 0.05) is 0 Å². The van der Waals surface area contributed by atoms with Crippen LogP contribution < -0.4 is 4.87 Å². The molecule has 0 unspecified atom stereocenters. The molecule has 1 aromatic rings. The summed E-state index contributed by atoms with van der Waals surface area (Å²) in [4.78, 5) is 13.5. The van der Waals surface area contributed by atoms with Gasteiger partial charge in [0.1, 0.15) is 0 Å². The van der Waals surface area contributed by atoms with E-state index in [2.05, 4.69) is 4.98 Å². The molecule has 0 spiro atoms. The number of hydrogen-bond donors (Lipinski definition) is 2. The molecule has 0 fully saturated rings. The first-order chi connectivity index (χ1) is 4.74. The fraction of sp³-hybridized carbons (Fsp3) is 0.500. The van der Waals surface area contributed by atoms with E-state index in [1.807, 2.05) is 6.92 Å². The van der Waals surface area contributed by atoms with E-state index in [1.54, 1.807) is 0 Å². The van der Waals surface area contributed by atoms with Crippen LogP contribution >= 0.6 is 11.3 Å². The number of aromatic hydroxyl groups is 1. The van der Waals surface area contributed by atoms with Crippen LogP contribution in [0.25, 0.3) is 0 Å². The van der Waals surface area contributed by atoms with Crippen LogP contribution in [0.15, 0.2) is 4.79 Å². The number of rotatable bonds is 2. The van der Waals surface area contributed by atoms with Gasteiger partial charge in [-0.1, -0.05) is 24.7 Å². The minimum absolute atomic E-state index is 0.0388. The molecule has 0 atom stereocenters. The Morgan fingerprint density at radius 1 is 1.70 bits per heavy atom. The molecule has 0 aliphatic carbocycles. The van der Waals surface area contributed by atoms with Crippen LogP contribution in [0.4, 0.5) is 0 Å². The van der Waals surface area contributed by atoms with Crippen LogP contribution in [0.2, 0.25) is 0 Å². The molecule has 4 heteroatoms. The first-order valence-electron chi connectivity index (χ1n) is 3.15. The summed E-state index contributed by atoms with van der Waals surface area (Å²) in [7, 11) is 0. The Balaban J connectivity index is 2.92. The first kappa shape index (κ1) is 7.34. The molecule has 0 aliphatic rings. The Morgan fingerprint density at radius 3 is 2.80 bits per heavy atom. The topological polar surface area (TPSA) is 53.1 Å². The van der Waals surface area contributed by atoms with Gasteiger partial charge in [-0.05, 0) is 6.42 Å². The zero-order chi connectivity index (χ0) is 7.56.